The standard InChI is InChI=1S/C26H28FN5O3/c1-14-29-30-23-26(5,6)28-18-13-17(27)20(22(34-7)21(18)32(14)23)16-9-8-10-19-15(16)11-12-31(19)24(33)35-25(2,3)4/h8-13,28H,1-7H3. The number of aryl methyl sites for hydroxylation is 1. The number of nitrogens with zero attached hydrogens (tertiary/aromatic N) is 4. The molecule has 9 heteroatoms. The van der Waals surface area contributed by atoms with Crippen molar-refractivity contribution in [3.8, 4) is 22.6 Å². The molecule has 1 aliphatic heterocycles. The van der Waals surface area contributed by atoms with Gasteiger partial charge in [0.2, 0.25) is 0 Å². The first-order chi connectivity index (χ1) is 16.4. The van der Waals surface area contributed by atoms with Gasteiger partial charge in [-0.15, -0.1) is 10.2 Å². The Morgan fingerprint density at radius 2 is 1.91 bits per heavy atom. The predicted molar refractivity (Wildman–Crippen MR) is 132 cm³/mol. The van der Waals surface area contributed by atoms with Gasteiger partial charge in [0, 0.05) is 17.6 Å². The largest absolute Gasteiger partial charge is 0.494 e. The molecule has 35 heavy (non-hydrogen) atoms. The van der Waals surface area contributed by atoms with Gasteiger partial charge in [0.15, 0.2) is 11.6 Å². The lowest BCUT2D eigenvalue weighted by molar-refractivity contribution is 0.0544. The van der Waals surface area contributed by atoms with E-state index >= 15 is 4.39 Å². The Labute approximate surface area is 202 Å². The number of halogens is 1. The van der Waals surface area contributed by atoms with Crippen molar-refractivity contribution in [3.05, 3.63) is 54.0 Å². The van der Waals surface area contributed by atoms with Crippen molar-refractivity contribution in [1.82, 2.24) is 19.3 Å². The average molecular weight is 478 g/mol. The van der Waals surface area contributed by atoms with E-state index in [1.165, 1.54) is 17.7 Å². The molecule has 182 valence electrons. The van der Waals surface area contributed by atoms with E-state index in [0.29, 0.717) is 50.8 Å². The van der Waals surface area contributed by atoms with E-state index in [9.17, 15) is 4.79 Å². The van der Waals surface area contributed by atoms with Gasteiger partial charge in [0.25, 0.3) is 0 Å². The molecule has 0 unspecified atom stereocenters. The van der Waals surface area contributed by atoms with E-state index in [2.05, 4.69) is 15.5 Å². The minimum Gasteiger partial charge on any atom is -0.494 e. The maximum Gasteiger partial charge on any atom is 0.418 e. The summed E-state index contributed by atoms with van der Waals surface area (Å²) in [6.45, 7) is 11.2. The number of nitrogens with one attached hydrogen (secondary N) is 1. The van der Waals surface area contributed by atoms with E-state index in [1.807, 2.05) is 52.2 Å². The van der Waals surface area contributed by atoms with E-state index in [1.54, 1.807) is 24.4 Å². The summed E-state index contributed by atoms with van der Waals surface area (Å²) >= 11 is 0. The Morgan fingerprint density at radius 1 is 1.17 bits per heavy atom. The summed E-state index contributed by atoms with van der Waals surface area (Å²) in [7, 11) is 1.52. The summed E-state index contributed by atoms with van der Waals surface area (Å²) in [4.78, 5) is 12.8. The van der Waals surface area contributed by atoms with Crippen LogP contribution in [0.3, 0.4) is 0 Å². The topological polar surface area (TPSA) is 83.2 Å². The number of carbonyl (C=O) groups is 1. The van der Waals surface area contributed by atoms with Crippen LogP contribution in [0.25, 0.3) is 27.7 Å². The van der Waals surface area contributed by atoms with Gasteiger partial charge in [-0.2, -0.15) is 0 Å². The average Bonchev–Trinajstić information content (AvgIpc) is 3.36. The van der Waals surface area contributed by atoms with Crippen LogP contribution in [0.2, 0.25) is 0 Å². The van der Waals surface area contributed by atoms with Crippen LogP contribution in [0, 0.1) is 12.7 Å². The summed E-state index contributed by atoms with van der Waals surface area (Å²) in [5.74, 6) is 1.27. The quantitative estimate of drug-likeness (QED) is 0.394. The van der Waals surface area contributed by atoms with E-state index in [0.717, 1.165) is 0 Å². The van der Waals surface area contributed by atoms with Crippen molar-refractivity contribution in [3.63, 3.8) is 0 Å². The highest BCUT2D eigenvalue weighted by molar-refractivity contribution is 6.01. The van der Waals surface area contributed by atoms with Crippen LogP contribution < -0.4 is 10.1 Å². The second kappa shape index (κ2) is 7.56. The number of anilines is 1. The third-order valence-corrected chi connectivity index (χ3v) is 6.06. The fourth-order valence-corrected chi connectivity index (χ4v) is 4.67. The molecule has 0 atom stereocenters. The molecular weight excluding hydrogens is 449 g/mol. The summed E-state index contributed by atoms with van der Waals surface area (Å²) in [6.07, 6.45) is 1.13. The van der Waals surface area contributed by atoms with E-state index in [4.69, 9.17) is 9.47 Å². The molecule has 8 nitrogen and oxygen atoms in total. The molecule has 2 aromatic heterocycles. The Hall–Kier alpha value is -3.88. The molecule has 0 radical (unpaired) electrons. The molecule has 4 aromatic rings. The predicted octanol–water partition coefficient (Wildman–Crippen LogP) is 5.79. The molecule has 0 bridgehead atoms. The van der Waals surface area contributed by atoms with Crippen LogP contribution in [-0.4, -0.2) is 38.1 Å². The molecule has 0 saturated heterocycles. The number of rotatable bonds is 2. The molecule has 0 fully saturated rings. The van der Waals surface area contributed by atoms with Crippen molar-refractivity contribution in [2.24, 2.45) is 0 Å². The molecule has 0 amide bonds. The van der Waals surface area contributed by atoms with Crippen molar-refractivity contribution < 1.29 is 18.7 Å². The number of aromatic nitrogens is 4. The first-order valence-corrected chi connectivity index (χ1v) is 11.4. The monoisotopic (exact) mass is 477 g/mol. The Balaban J connectivity index is 1.75. The zero-order chi connectivity index (χ0) is 25.3. The molecule has 3 heterocycles. The summed E-state index contributed by atoms with van der Waals surface area (Å²) in [5, 5.41) is 12.7. The first-order valence-electron chi connectivity index (χ1n) is 11.4. The van der Waals surface area contributed by atoms with Gasteiger partial charge in [0.1, 0.15) is 22.9 Å². The highest BCUT2D eigenvalue weighted by Crippen LogP contribution is 2.48. The van der Waals surface area contributed by atoms with Gasteiger partial charge < -0.3 is 14.8 Å². The zero-order valence-corrected chi connectivity index (χ0v) is 20.9. The van der Waals surface area contributed by atoms with Gasteiger partial charge in [-0.3, -0.25) is 9.13 Å². The normalized spacial score (nSPS) is 14.3. The highest BCUT2D eigenvalue weighted by Gasteiger charge is 2.37. The fraction of sp³-hybridized carbons (Fsp3) is 0.346. The molecular formula is C26H28FN5O3. The zero-order valence-electron chi connectivity index (χ0n) is 20.9. The second-order valence-corrected chi connectivity index (χ2v) is 10.2. The van der Waals surface area contributed by atoms with Crippen molar-refractivity contribution in [2.45, 2.75) is 52.7 Å². The number of carbonyl (C=O) groups excluding carboxylic acids is 1. The van der Waals surface area contributed by atoms with Gasteiger partial charge in [-0.05, 0) is 59.2 Å². The summed E-state index contributed by atoms with van der Waals surface area (Å²) < 4.78 is 30.5. The van der Waals surface area contributed by atoms with Crippen LogP contribution in [0.15, 0.2) is 36.5 Å². The summed E-state index contributed by atoms with van der Waals surface area (Å²) in [6, 6.07) is 8.66. The van der Waals surface area contributed by atoms with Crippen molar-refractivity contribution in [2.75, 3.05) is 12.4 Å². The minimum atomic E-state index is -0.645. The lowest BCUT2D eigenvalue weighted by Gasteiger charge is -2.35. The number of hydrogen-bond acceptors (Lipinski definition) is 6. The Morgan fingerprint density at radius 3 is 2.60 bits per heavy atom. The van der Waals surface area contributed by atoms with Crippen LogP contribution in [0.5, 0.6) is 5.75 Å². The van der Waals surface area contributed by atoms with Crippen molar-refractivity contribution in [1.29, 1.82) is 0 Å². The third-order valence-electron chi connectivity index (χ3n) is 6.06. The molecule has 0 spiro atoms. The van der Waals surface area contributed by atoms with Crippen LogP contribution in [0.1, 0.15) is 46.3 Å². The number of fused-ring (bicyclic) bond motifs is 4. The Bertz CT molecular complexity index is 1490. The number of hydrogen-bond donors (Lipinski definition) is 1. The van der Waals surface area contributed by atoms with Gasteiger partial charge in [-0.25, -0.2) is 9.18 Å². The number of methoxy groups -OCH3 is 1. The first kappa shape index (κ1) is 22.9. The van der Waals surface area contributed by atoms with Crippen LogP contribution in [0.4, 0.5) is 14.9 Å². The third kappa shape index (κ3) is 3.53. The van der Waals surface area contributed by atoms with Gasteiger partial charge in [-0.1, -0.05) is 12.1 Å². The number of benzene rings is 2. The fourth-order valence-electron chi connectivity index (χ4n) is 4.67. The molecule has 0 aliphatic carbocycles. The lowest BCUT2D eigenvalue weighted by Crippen LogP contribution is -2.36. The second-order valence-electron chi connectivity index (χ2n) is 10.2. The van der Waals surface area contributed by atoms with Gasteiger partial charge in [0.05, 0.1) is 29.4 Å². The van der Waals surface area contributed by atoms with Crippen LogP contribution >= 0.6 is 0 Å². The van der Waals surface area contributed by atoms with E-state index < -0.39 is 23.1 Å². The van der Waals surface area contributed by atoms with Crippen molar-refractivity contribution >= 4 is 22.7 Å². The maximum atomic E-state index is 15.8. The summed E-state index contributed by atoms with van der Waals surface area (Å²) in [5.41, 5.74) is 1.52. The number of ether oxygens (including phenoxy) is 2. The van der Waals surface area contributed by atoms with Crippen LogP contribution in [-0.2, 0) is 10.3 Å². The Kier molecular flexibility index (Phi) is 4.94. The smallest absolute Gasteiger partial charge is 0.418 e. The SMILES string of the molecule is COc1c(-c2cccc3c2ccn3C(=O)OC(C)(C)C)c(F)cc2c1-n1c(C)nnc1C(C)(C)N2. The van der Waals surface area contributed by atoms with E-state index in [-0.39, 0.29) is 0 Å². The molecule has 0 saturated carbocycles. The molecule has 5 rings (SSSR count). The highest BCUT2D eigenvalue weighted by atomic mass is 19.1. The maximum absolute atomic E-state index is 15.8. The van der Waals surface area contributed by atoms with Gasteiger partial charge >= 0.3 is 6.09 Å². The lowest BCUT2D eigenvalue weighted by atomic mass is 9.95. The minimum absolute atomic E-state index is 0.291. The molecule has 1 aliphatic rings. The molecule has 1 N–H and O–H groups in total. The molecule has 2 aromatic carbocycles.